The number of hydrogen-bond acceptors (Lipinski definition) is 7. The molecule has 198 valence electrons. The molecule has 0 spiro atoms. The van der Waals surface area contributed by atoms with Crippen LogP contribution in [-0.2, 0) is 21.4 Å². The molecule has 1 aliphatic heterocycles. The zero-order chi connectivity index (χ0) is 27.0. The van der Waals surface area contributed by atoms with Gasteiger partial charge in [0.15, 0.2) is 5.65 Å². The fraction of sp³-hybridized carbons (Fsp3) is 0.333. The van der Waals surface area contributed by atoms with Crippen molar-refractivity contribution in [2.45, 2.75) is 57.1 Å². The lowest BCUT2D eigenvalue weighted by atomic mass is 9.87. The normalized spacial score (nSPS) is 17.9. The molecule has 0 bridgehead atoms. The Balaban J connectivity index is 1.53. The Hall–Kier alpha value is -3.83. The van der Waals surface area contributed by atoms with Crippen molar-refractivity contribution in [3.63, 3.8) is 0 Å². The Labute approximate surface area is 221 Å². The average molecular weight is 536 g/mol. The standard InChI is InChI=1S/C27H29N5O5S/c1-4-22-16-31(38(35,36)24-6-5-10-28-27(24)37-22)15-21-12-19(8-7-17(21)2)23(14-26(33)34)20-9-11-32-18(3)29-30-25(32)13-20/h5-13,22-23H,4,14-16H2,1-3H3,(H,33,34)/t22-,23+/m1/s1. The number of fused-ring (bicyclic) bond motifs is 2. The van der Waals surface area contributed by atoms with E-state index in [-0.39, 0.29) is 36.4 Å². The summed E-state index contributed by atoms with van der Waals surface area (Å²) in [4.78, 5) is 16.1. The van der Waals surface area contributed by atoms with Crippen molar-refractivity contribution in [1.29, 1.82) is 0 Å². The first-order chi connectivity index (χ1) is 18.2. The van der Waals surface area contributed by atoms with Crippen LogP contribution >= 0.6 is 0 Å². The van der Waals surface area contributed by atoms with Crippen LogP contribution in [0.1, 0.15) is 53.8 Å². The summed E-state index contributed by atoms with van der Waals surface area (Å²) in [5.41, 5.74) is 3.92. The number of benzene rings is 1. The lowest BCUT2D eigenvalue weighted by Crippen LogP contribution is -2.36. The van der Waals surface area contributed by atoms with E-state index in [1.807, 2.05) is 61.7 Å². The maximum atomic E-state index is 13.6. The Bertz CT molecular complexity index is 1620. The van der Waals surface area contributed by atoms with Gasteiger partial charge < -0.3 is 9.84 Å². The molecule has 0 radical (unpaired) electrons. The van der Waals surface area contributed by atoms with Gasteiger partial charge in [0.1, 0.15) is 16.8 Å². The monoisotopic (exact) mass is 535 g/mol. The summed E-state index contributed by atoms with van der Waals surface area (Å²) in [5, 5.41) is 18.0. The Morgan fingerprint density at radius 2 is 1.95 bits per heavy atom. The minimum Gasteiger partial charge on any atom is -0.481 e. The minimum absolute atomic E-state index is 0.0467. The number of aliphatic carboxylic acids is 1. The van der Waals surface area contributed by atoms with Crippen LogP contribution in [0.2, 0.25) is 0 Å². The third-order valence-electron chi connectivity index (χ3n) is 7.00. The minimum atomic E-state index is -3.87. The first kappa shape index (κ1) is 25.8. The molecule has 3 aromatic heterocycles. The number of ether oxygens (including phenoxy) is 1. The molecule has 0 unspecified atom stereocenters. The predicted octanol–water partition coefficient (Wildman–Crippen LogP) is 3.71. The van der Waals surface area contributed by atoms with E-state index in [1.54, 1.807) is 6.07 Å². The summed E-state index contributed by atoms with van der Waals surface area (Å²) >= 11 is 0. The molecule has 0 saturated heterocycles. The number of rotatable bonds is 7. The number of hydrogen-bond donors (Lipinski definition) is 1. The molecule has 1 aromatic carbocycles. The molecule has 11 heteroatoms. The predicted molar refractivity (Wildman–Crippen MR) is 140 cm³/mol. The molecule has 4 heterocycles. The molecular weight excluding hydrogens is 506 g/mol. The summed E-state index contributed by atoms with van der Waals surface area (Å²) in [6, 6.07) is 12.5. The van der Waals surface area contributed by atoms with Gasteiger partial charge in [-0.05, 0) is 66.8 Å². The number of carboxylic acids is 1. The molecule has 0 saturated carbocycles. The van der Waals surface area contributed by atoms with Crippen LogP contribution in [0.5, 0.6) is 5.88 Å². The first-order valence-electron chi connectivity index (χ1n) is 12.4. The zero-order valence-corrected chi connectivity index (χ0v) is 22.2. The Morgan fingerprint density at radius 3 is 2.71 bits per heavy atom. The lowest BCUT2D eigenvalue weighted by Gasteiger charge is -2.24. The average Bonchev–Trinajstić information content (AvgIpc) is 3.22. The van der Waals surface area contributed by atoms with Gasteiger partial charge in [-0.25, -0.2) is 13.4 Å². The summed E-state index contributed by atoms with van der Waals surface area (Å²) in [6.07, 6.45) is 3.50. The van der Waals surface area contributed by atoms with Gasteiger partial charge >= 0.3 is 5.97 Å². The van der Waals surface area contributed by atoms with E-state index in [0.717, 1.165) is 28.1 Å². The highest BCUT2D eigenvalue weighted by atomic mass is 32.2. The Morgan fingerprint density at radius 1 is 1.16 bits per heavy atom. The molecule has 0 aliphatic carbocycles. The van der Waals surface area contributed by atoms with E-state index < -0.39 is 21.9 Å². The van der Waals surface area contributed by atoms with E-state index in [4.69, 9.17) is 4.74 Å². The van der Waals surface area contributed by atoms with Gasteiger partial charge in [-0.15, -0.1) is 10.2 Å². The molecule has 38 heavy (non-hydrogen) atoms. The van der Waals surface area contributed by atoms with Gasteiger partial charge in [-0.1, -0.05) is 25.1 Å². The highest BCUT2D eigenvalue weighted by molar-refractivity contribution is 7.89. The van der Waals surface area contributed by atoms with E-state index >= 15 is 0 Å². The largest absolute Gasteiger partial charge is 0.481 e. The van der Waals surface area contributed by atoms with Crippen molar-refractivity contribution >= 4 is 21.6 Å². The van der Waals surface area contributed by atoms with Gasteiger partial charge in [0.05, 0.1) is 13.0 Å². The van der Waals surface area contributed by atoms with Crippen LogP contribution in [0.3, 0.4) is 0 Å². The summed E-state index contributed by atoms with van der Waals surface area (Å²) < 4.78 is 36.5. The van der Waals surface area contributed by atoms with Crippen molar-refractivity contribution < 1.29 is 23.1 Å². The van der Waals surface area contributed by atoms with Gasteiger partial charge in [0.2, 0.25) is 15.9 Å². The quantitative estimate of drug-likeness (QED) is 0.379. The van der Waals surface area contributed by atoms with Gasteiger partial charge in [-0.2, -0.15) is 4.31 Å². The highest BCUT2D eigenvalue weighted by Crippen LogP contribution is 2.33. The van der Waals surface area contributed by atoms with Crippen molar-refractivity contribution in [3.8, 4) is 5.88 Å². The number of carboxylic acid groups (broad SMARTS) is 1. The van der Waals surface area contributed by atoms with Crippen molar-refractivity contribution in [2.75, 3.05) is 6.54 Å². The molecule has 0 amide bonds. The third kappa shape index (κ3) is 4.86. The van der Waals surface area contributed by atoms with Crippen molar-refractivity contribution in [3.05, 3.63) is 82.9 Å². The SMILES string of the molecule is CC[C@@H]1CN(Cc2cc([C@H](CC(=O)O)c3ccn4c(C)nnc4c3)ccc2C)S(=O)(=O)c2cccnc2O1. The smallest absolute Gasteiger partial charge is 0.304 e. The molecule has 1 aliphatic rings. The van der Waals surface area contributed by atoms with Crippen LogP contribution < -0.4 is 4.74 Å². The second-order valence-electron chi connectivity index (χ2n) is 9.52. The maximum Gasteiger partial charge on any atom is 0.304 e. The van der Waals surface area contributed by atoms with Gasteiger partial charge in [0.25, 0.3) is 0 Å². The fourth-order valence-electron chi connectivity index (χ4n) is 4.80. The number of carbonyl (C=O) groups is 1. The third-order valence-corrected chi connectivity index (χ3v) is 8.83. The van der Waals surface area contributed by atoms with Gasteiger partial charge in [0, 0.05) is 24.9 Å². The lowest BCUT2D eigenvalue weighted by molar-refractivity contribution is -0.137. The van der Waals surface area contributed by atoms with Crippen LogP contribution in [0.25, 0.3) is 5.65 Å². The first-order valence-corrected chi connectivity index (χ1v) is 13.9. The molecule has 10 nitrogen and oxygen atoms in total. The summed E-state index contributed by atoms with van der Waals surface area (Å²) in [7, 11) is -3.87. The topological polar surface area (TPSA) is 127 Å². The highest BCUT2D eigenvalue weighted by Gasteiger charge is 2.35. The summed E-state index contributed by atoms with van der Waals surface area (Å²) in [5.74, 6) is -0.528. The van der Waals surface area contributed by atoms with E-state index in [9.17, 15) is 18.3 Å². The second-order valence-corrected chi connectivity index (χ2v) is 11.4. The van der Waals surface area contributed by atoms with Crippen LogP contribution in [0.15, 0.2) is 59.8 Å². The number of pyridine rings is 2. The second kappa shape index (κ2) is 10.1. The maximum absolute atomic E-state index is 13.6. The number of aromatic nitrogens is 4. The van der Waals surface area contributed by atoms with Crippen LogP contribution in [0, 0.1) is 13.8 Å². The zero-order valence-electron chi connectivity index (χ0n) is 21.4. The molecule has 5 rings (SSSR count). The fourth-order valence-corrected chi connectivity index (χ4v) is 6.32. The molecule has 0 fully saturated rings. The van der Waals surface area contributed by atoms with E-state index in [1.165, 1.54) is 16.6 Å². The molecule has 2 atom stereocenters. The van der Waals surface area contributed by atoms with Crippen LogP contribution in [-0.4, -0.2) is 56.0 Å². The van der Waals surface area contributed by atoms with Gasteiger partial charge in [-0.3, -0.25) is 9.20 Å². The van der Waals surface area contributed by atoms with E-state index in [2.05, 4.69) is 15.2 Å². The molecular formula is C27H29N5O5S. The molecule has 4 aromatic rings. The van der Waals surface area contributed by atoms with Crippen molar-refractivity contribution in [1.82, 2.24) is 23.9 Å². The molecule has 1 N–H and O–H groups in total. The van der Waals surface area contributed by atoms with E-state index in [0.29, 0.717) is 12.1 Å². The van der Waals surface area contributed by atoms with Crippen molar-refractivity contribution in [2.24, 2.45) is 0 Å². The van der Waals surface area contributed by atoms with Crippen LogP contribution in [0.4, 0.5) is 0 Å². The number of nitrogens with zero attached hydrogens (tertiary/aromatic N) is 5. The summed E-state index contributed by atoms with van der Waals surface area (Å²) in [6.45, 7) is 6.02. The Kier molecular flexibility index (Phi) is 6.89. The number of sulfonamides is 1. The number of aryl methyl sites for hydroxylation is 2.